The third-order valence-corrected chi connectivity index (χ3v) is 3.20. The molecule has 2 heterocycles. The summed E-state index contributed by atoms with van der Waals surface area (Å²) in [6, 6.07) is 0. The summed E-state index contributed by atoms with van der Waals surface area (Å²) in [5, 5.41) is 13.2. The molecule has 1 fully saturated rings. The zero-order chi connectivity index (χ0) is 12.3. The van der Waals surface area contributed by atoms with Gasteiger partial charge in [0, 0.05) is 19.1 Å². The maximum Gasteiger partial charge on any atom is 0.229 e. The quantitative estimate of drug-likeness (QED) is 0.860. The second kappa shape index (κ2) is 5.60. The van der Waals surface area contributed by atoms with E-state index in [1.165, 1.54) is 0 Å². The Labute approximate surface area is 102 Å². The summed E-state index contributed by atoms with van der Waals surface area (Å²) in [7, 11) is 0. The van der Waals surface area contributed by atoms with Gasteiger partial charge in [0.05, 0.1) is 6.54 Å². The lowest BCUT2D eigenvalue weighted by atomic mass is 9.99. The Hall–Kier alpha value is -0.940. The number of hydrogen-bond acceptors (Lipinski definition) is 5. The van der Waals surface area contributed by atoms with Crippen LogP contribution < -0.4 is 0 Å². The molecule has 0 bridgehead atoms. The van der Waals surface area contributed by atoms with Crippen LogP contribution in [0.5, 0.6) is 0 Å². The van der Waals surface area contributed by atoms with E-state index in [4.69, 9.17) is 4.52 Å². The fourth-order valence-corrected chi connectivity index (χ4v) is 2.21. The standard InChI is InChI=1S/C12H21N3O2/c1-9(2)12-13-11(14-17-12)7-15-5-3-4-10(6-15)8-16/h9-10,16H,3-8H2,1-2H3. The molecular formula is C12H21N3O2. The molecule has 1 atom stereocenters. The molecule has 1 aliphatic heterocycles. The molecule has 0 saturated carbocycles. The Balaban J connectivity index is 1.91. The summed E-state index contributed by atoms with van der Waals surface area (Å²) < 4.78 is 5.18. The average molecular weight is 239 g/mol. The Morgan fingerprint density at radius 2 is 2.35 bits per heavy atom. The average Bonchev–Trinajstić information content (AvgIpc) is 2.78. The fourth-order valence-electron chi connectivity index (χ4n) is 2.21. The van der Waals surface area contributed by atoms with Gasteiger partial charge < -0.3 is 9.63 Å². The smallest absolute Gasteiger partial charge is 0.229 e. The molecule has 0 aliphatic carbocycles. The van der Waals surface area contributed by atoms with E-state index in [2.05, 4.69) is 15.0 Å². The molecule has 1 aliphatic rings. The van der Waals surface area contributed by atoms with Crippen LogP contribution in [0.4, 0.5) is 0 Å². The van der Waals surface area contributed by atoms with Crippen LogP contribution >= 0.6 is 0 Å². The first kappa shape index (κ1) is 12.5. The molecule has 1 aromatic rings. The molecule has 0 radical (unpaired) electrons. The van der Waals surface area contributed by atoms with Crippen molar-refractivity contribution in [3.63, 3.8) is 0 Å². The van der Waals surface area contributed by atoms with Gasteiger partial charge in [-0.05, 0) is 25.3 Å². The molecule has 1 N–H and O–H groups in total. The van der Waals surface area contributed by atoms with E-state index in [0.717, 1.165) is 38.3 Å². The molecular weight excluding hydrogens is 218 g/mol. The van der Waals surface area contributed by atoms with E-state index in [9.17, 15) is 5.11 Å². The van der Waals surface area contributed by atoms with Crippen molar-refractivity contribution in [1.82, 2.24) is 15.0 Å². The molecule has 2 rings (SSSR count). The molecule has 5 nitrogen and oxygen atoms in total. The van der Waals surface area contributed by atoms with Crippen molar-refractivity contribution in [2.24, 2.45) is 5.92 Å². The SMILES string of the molecule is CC(C)c1nc(CN2CCCC(CO)C2)no1. The number of aromatic nitrogens is 2. The molecule has 5 heteroatoms. The Kier molecular flexibility index (Phi) is 4.12. The second-order valence-electron chi connectivity index (χ2n) is 5.13. The normalized spacial score (nSPS) is 22.2. The van der Waals surface area contributed by atoms with Crippen LogP contribution in [0.25, 0.3) is 0 Å². The van der Waals surface area contributed by atoms with Crippen LogP contribution in [0.1, 0.15) is 44.3 Å². The molecule has 1 unspecified atom stereocenters. The summed E-state index contributed by atoms with van der Waals surface area (Å²) >= 11 is 0. The monoisotopic (exact) mass is 239 g/mol. The lowest BCUT2D eigenvalue weighted by Crippen LogP contribution is -2.36. The van der Waals surface area contributed by atoms with Gasteiger partial charge in [0.15, 0.2) is 5.82 Å². The predicted octanol–water partition coefficient (Wildman–Crippen LogP) is 1.40. The van der Waals surface area contributed by atoms with Crippen LogP contribution in [-0.4, -0.2) is 39.8 Å². The number of aliphatic hydroxyl groups excluding tert-OH is 1. The topological polar surface area (TPSA) is 62.4 Å². The Morgan fingerprint density at radius 1 is 1.53 bits per heavy atom. The molecule has 0 aromatic carbocycles. The van der Waals surface area contributed by atoms with Crippen LogP contribution in [-0.2, 0) is 6.54 Å². The van der Waals surface area contributed by atoms with Crippen LogP contribution in [0.15, 0.2) is 4.52 Å². The number of nitrogens with zero attached hydrogens (tertiary/aromatic N) is 3. The van der Waals surface area contributed by atoms with Crippen molar-refractivity contribution in [1.29, 1.82) is 0 Å². The molecule has 1 saturated heterocycles. The highest BCUT2D eigenvalue weighted by Gasteiger charge is 2.21. The number of likely N-dealkylation sites (tertiary alicyclic amines) is 1. The van der Waals surface area contributed by atoms with Gasteiger partial charge in [-0.2, -0.15) is 4.98 Å². The van der Waals surface area contributed by atoms with Gasteiger partial charge in [-0.1, -0.05) is 19.0 Å². The van der Waals surface area contributed by atoms with E-state index in [1.54, 1.807) is 0 Å². The van der Waals surface area contributed by atoms with E-state index in [1.807, 2.05) is 13.8 Å². The number of rotatable bonds is 4. The Morgan fingerprint density at radius 3 is 3.00 bits per heavy atom. The van der Waals surface area contributed by atoms with E-state index < -0.39 is 0 Å². The molecule has 17 heavy (non-hydrogen) atoms. The van der Waals surface area contributed by atoms with Gasteiger partial charge in [0.25, 0.3) is 0 Å². The van der Waals surface area contributed by atoms with E-state index in [0.29, 0.717) is 11.8 Å². The minimum absolute atomic E-state index is 0.278. The summed E-state index contributed by atoms with van der Waals surface area (Å²) in [6.45, 7) is 7.08. The van der Waals surface area contributed by atoms with Gasteiger partial charge in [-0.25, -0.2) is 0 Å². The highest BCUT2D eigenvalue weighted by molar-refractivity contribution is 4.91. The van der Waals surface area contributed by atoms with Crippen LogP contribution in [0.3, 0.4) is 0 Å². The maximum absolute atomic E-state index is 9.18. The van der Waals surface area contributed by atoms with Gasteiger partial charge >= 0.3 is 0 Å². The molecule has 1 aromatic heterocycles. The van der Waals surface area contributed by atoms with Crippen LogP contribution in [0.2, 0.25) is 0 Å². The largest absolute Gasteiger partial charge is 0.396 e. The van der Waals surface area contributed by atoms with Crippen molar-refractivity contribution < 1.29 is 9.63 Å². The van der Waals surface area contributed by atoms with Gasteiger partial charge in [0.1, 0.15) is 0 Å². The minimum Gasteiger partial charge on any atom is -0.396 e. The second-order valence-corrected chi connectivity index (χ2v) is 5.13. The molecule has 0 amide bonds. The fraction of sp³-hybridized carbons (Fsp3) is 0.833. The zero-order valence-electron chi connectivity index (χ0n) is 10.6. The van der Waals surface area contributed by atoms with E-state index >= 15 is 0 Å². The number of aliphatic hydroxyl groups is 1. The zero-order valence-corrected chi connectivity index (χ0v) is 10.6. The van der Waals surface area contributed by atoms with Gasteiger partial charge in [-0.15, -0.1) is 0 Å². The lowest BCUT2D eigenvalue weighted by Gasteiger charge is -2.30. The minimum atomic E-state index is 0.278. The first-order valence-electron chi connectivity index (χ1n) is 6.34. The lowest BCUT2D eigenvalue weighted by molar-refractivity contribution is 0.113. The highest BCUT2D eigenvalue weighted by atomic mass is 16.5. The van der Waals surface area contributed by atoms with Gasteiger partial charge in [0.2, 0.25) is 5.89 Å². The van der Waals surface area contributed by atoms with Crippen molar-refractivity contribution in [3.05, 3.63) is 11.7 Å². The summed E-state index contributed by atoms with van der Waals surface area (Å²) in [6.07, 6.45) is 2.26. The summed E-state index contributed by atoms with van der Waals surface area (Å²) in [5.74, 6) is 2.14. The van der Waals surface area contributed by atoms with Crippen LogP contribution in [0, 0.1) is 5.92 Å². The molecule has 0 spiro atoms. The van der Waals surface area contributed by atoms with Crippen molar-refractivity contribution in [2.75, 3.05) is 19.7 Å². The number of piperidine rings is 1. The van der Waals surface area contributed by atoms with Crippen molar-refractivity contribution in [2.45, 2.75) is 39.2 Å². The number of hydrogen-bond donors (Lipinski definition) is 1. The predicted molar refractivity (Wildman–Crippen MR) is 63.5 cm³/mol. The summed E-state index contributed by atoms with van der Waals surface area (Å²) in [5.41, 5.74) is 0. The van der Waals surface area contributed by atoms with Crippen molar-refractivity contribution >= 4 is 0 Å². The third kappa shape index (κ3) is 3.26. The Bertz CT molecular complexity index is 351. The van der Waals surface area contributed by atoms with Crippen molar-refractivity contribution in [3.8, 4) is 0 Å². The molecule has 96 valence electrons. The highest BCUT2D eigenvalue weighted by Crippen LogP contribution is 2.18. The maximum atomic E-state index is 9.18. The summed E-state index contributed by atoms with van der Waals surface area (Å²) in [4.78, 5) is 6.66. The first-order valence-corrected chi connectivity index (χ1v) is 6.34. The van der Waals surface area contributed by atoms with Gasteiger partial charge in [-0.3, -0.25) is 4.90 Å². The van der Waals surface area contributed by atoms with E-state index in [-0.39, 0.29) is 12.5 Å². The third-order valence-electron chi connectivity index (χ3n) is 3.20. The first-order chi connectivity index (χ1) is 8.19.